The Labute approximate surface area is 155 Å². The van der Waals surface area contributed by atoms with Crippen molar-refractivity contribution in [3.63, 3.8) is 0 Å². The van der Waals surface area contributed by atoms with Gasteiger partial charge in [-0.05, 0) is 51.1 Å². The summed E-state index contributed by atoms with van der Waals surface area (Å²) < 4.78 is 12.0. The first kappa shape index (κ1) is 18.4. The Morgan fingerprint density at radius 3 is 2.67 bits per heavy atom. The van der Waals surface area contributed by atoms with E-state index in [-0.39, 0.29) is 17.3 Å². The summed E-state index contributed by atoms with van der Waals surface area (Å²) in [6.07, 6.45) is 0. The number of carbonyl (C=O) groups excluding carboxylic acids is 2. The third-order valence-corrected chi connectivity index (χ3v) is 4.23. The molecule has 0 aliphatic heterocycles. The van der Waals surface area contributed by atoms with E-state index in [1.54, 1.807) is 37.3 Å². The van der Waals surface area contributed by atoms with Gasteiger partial charge in [-0.25, -0.2) is 4.79 Å². The number of carbonyl (C=O) groups is 2. The predicted octanol–water partition coefficient (Wildman–Crippen LogP) is 3.40. The maximum absolute atomic E-state index is 12.7. The van der Waals surface area contributed by atoms with Crippen molar-refractivity contribution < 1.29 is 18.7 Å². The summed E-state index contributed by atoms with van der Waals surface area (Å²) in [5, 5.41) is 2.79. The Morgan fingerprint density at radius 1 is 1.22 bits per heavy atom. The van der Waals surface area contributed by atoms with Crippen molar-refractivity contribution in [2.45, 2.75) is 26.8 Å². The zero-order valence-electron chi connectivity index (χ0n) is 15.3. The molecule has 1 atom stereocenters. The Morgan fingerprint density at radius 2 is 1.96 bits per heavy atom. The maximum Gasteiger partial charge on any atom is 0.420 e. The highest BCUT2D eigenvalue weighted by Gasteiger charge is 2.22. The van der Waals surface area contributed by atoms with Gasteiger partial charge in [0.2, 0.25) is 5.91 Å². The van der Waals surface area contributed by atoms with Gasteiger partial charge in [0.1, 0.15) is 11.8 Å². The van der Waals surface area contributed by atoms with E-state index < -0.39 is 11.8 Å². The highest BCUT2D eigenvalue weighted by atomic mass is 16.5. The van der Waals surface area contributed by atoms with Gasteiger partial charge in [-0.2, -0.15) is 0 Å². The second kappa shape index (κ2) is 7.49. The van der Waals surface area contributed by atoms with Gasteiger partial charge in [0.05, 0.1) is 17.8 Å². The van der Waals surface area contributed by atoms with E-state index >= 15 is 0 Å². The number of Topliss-reactive ketones (excluding diaryl/α,β-unsaturated/α-hetero) is 1. The molecule has 1 aromatic heterocycles. The number of ketones is 1. The zero-order chi connectivity index (χ0) is 19.6. The molecule has 0 fully saturated rings. The van der Waals surface area contributed by atoms with Gasteiger partial charge in [0.25, 0.3) is 0 Å². The van der Waals surface area contributed by atoms with Crippen molar-refractivity contribution in [3.8, 4) is 5.75 Å². The topological polar surface area (TPSA) is 90.5 Å². The first-order valence-electron chi connectivity index (χ1n) is 8.61. The molecule has 27 heavy (non-hydrogen) atoms. The molecule has 7 nitrogen and oxygen atoms in total. The van der Waals surface area contributed by atoms with Gasteiger partial charge >= 0.3 is 5.76 Å². The monoisotopic (exact) mass is 368 g/mol. The highest BCUT2D eigenvalue weighted by molar-refractivity contribution is 5.98. The highest BCUT2D eigenvalue weighted by Crippen LogP contribution is 2.25. The summed E-state index contributed by atoms with van der Waals surface area (Å²) >= 11 is 0. The van der Waals surface area contributed by atoms with E-state index in [1.165, 1.54) is 17.6 Å². The minimum atomic E-state index is -0.823. The average Bonchev–Trinajstić information content (AvgIpc) is 2.97. The van der Waals surface area contributed by atoms with Crippen molar-refractivity contribution in [1.29, 1.82) is 0 Å². The molecule has 1 amide bonds. The third kappa shape index (κ3) is 3.62. The summed E-state index contributed by atoms with van der Waals surface area (Å²) in [6.45, 7) is 5.36. The van der Waals surface area contributed by atoms with Crippen LogP contribution in [0.2, 0.25) is 0 Å². The van der Waals surface area contributed by atoms with Crippen LogP contribution in [0.25, 0.3) is 11.1 Å². The number of nitrogens with zero attached hydrogens (tertiary/aromatic N) is 1. The minimum absolute atomic E-state index is 0.134. The van der Waals surface area contributed by atoms with Crippen LogP contribution in [-0.4, -0.2) is 22.9 Å². The molecule has 0 spiro atoms. The van der Waals surface area contributed by atoms with Crippen LogP contribution in [0.5, 0.6) is 5.75 Å². The van der Waals surface area contributed by atoms with Crippen molar-refractivity contribution in [3.05, 3.63) is 58.6 Å². The van der Waals surface area contributed by atoms with Crippen LogP contribution in [0.4, 0.5) is 5.69 Å². The summed E-state index contributed by atoms with van der Waals surface area (Å²) in [5.41, 5.74) is 1.68. The number of nitrogens with one attached hydrogen (secondary N) is 1. The number of hydrogen-bond donors (Lipinski definition) is 1. The summed E-state index contributed by atoms with van der Waals surface area (Å²) in [6, 6.07) is 11.0. The Bertz CT molecular complexity index is 1060. The van der Waals surface area contributed by atoms with Crippen LogP contribution in [-0.2, 0) is 4.79 Å². The lowest BCUT2D eigenvalue weighted by molar-refractivity contribution is -0.118. The summed E-state index contributed by atoms with van der Waals surface area (Å²) in [7, 11) is 0. The molecule has 2 aromatic carbocycles. The van der Waals surface area contributed by atoms with E-state index in [0.29, 0.717) is 29.1 Å². The van der Waals surface area contributed by atoms with Gasteiger partial charge < -0.3 is 14.5 Å². The number of ether oxygens (including phenoxy) is 1. The Balaban J connectivity index is 1.93. The summed E-state index contributed by atoms with van der Waals surface area (Å²) in [4.78, 5) is 36.5. The van der Waals surface area contributed by atoms with Crippen LogP contribution in [0.15, 0.2) is 51.7 Å². The molecule has 1 heterocycles. The molecule has 3 rings (SSSR count). The molecule has 140 valence electrons. The number of anilines is 1. The number of aromatic nitrogens is 1. The number of hydrogen-bond acceptors (Lipinski definition) is 5. The van der Waals surface area contributed by atoms with Crippen LogP contribution in [0, 0.1) is 0 Å². The molecule has 0 saturated carbocycles. The van der Waals surface area contributed by atoms with Crippen LogP contribution < -0.4 is 15.8 Å². The molecular weight excluding hydrogens is 348 g/mol. The van der Waals surface area contributed by atoms with Crippen LogP contribution in [0.1, 0.15) is 37.2 Å². The fraction of sp³-hybridized carbons (Fsp3) is 0.250. The average molecular weight is 368 g/mol. The van der Waals surface area contributed by atoms with E-state index in [2.05, 4.69) is 5.32 Å². The van der Waals surface area contributed by atoms with Crippen LogP contribution in [0.3, 0.4) is 0 Å². The van der Waals surface area contributed by atoms with Gasteiger partial charge in [-0.15, -0.1) is 0 Å². The molecule has 7 heteroatoms. The minimum Gasteiger partial charge on any atom is -0.492 e. The fourth-order valence-electron chi connectivity index (χ4n) is 2.83. The molecule has 0 aliphatic rings. The van der Waals surface area contributed by atoms with Gasteiger partial charge in [0.15, 0.2) is 11.4 Å². The number of para-hydroxylation sites is 2. The van der Waals surface area contributed by atoms with Gasteiger partial charge in [0, 0.05) is 5.56 Å². The molecule has 3 aromatic rings. The first-order chi connectivity index (χ1) is 12.9. The lowest BCUT2D eigenvalue weighted by Crippen LogP contribution is -2.29. The van der Waals surface area contributed by atoms with Crippen molar-refractivity contribution in [1.82, 2.24) is 4.57 Å². The van der Waals surface area contributed by atoms with Crippen LogP contribution >= 0.6 is 0 Å². The Kier molecular flexibility index (Phi) is 5.12. The van der Waals surface area contributed by atoms with E-state index in [1.807, 2.05) is 13.0 Å². The standard InChI is InChI=1S/C20H20N2O5/c1-4-26-17-8-6-5-7-15(17)21-19(24)12(2)22-16-10-9-14(13(3)23)11-18(16)27-20(22)25/h5-12H,4H2,1-3H3,(H,21,24). The quantitative estimate of drug-likeness (QED) is 0.674. The van der Waals surface area contributed by atoms with Gasteiger partial charge in [-0.3, -0.25) is 14.2 Å². The first-order valence-corrected chi connectivity index (χ1v) is 8.61. The maximum atomic E-state index is 12.7. The van der Waals surface area contributed by atoms with Gasteiger partial charge in [-0.1, -0.05) is 12.1 Å². The summed E-state index contributed by atoms with van der Waals surface area (Å²) in [5.74, 6) is -0.629. The molecule has 0 radical (unpaired) electrons. The smallest absolute Gasteiger partial charge is 0.420 e. The molecule has 0 bridgehead atoms. The second-order valence-corrected chi connectivity index (χ2v) is 6.07. The third-order valence-electron chi connectivity index (χ3n) is 4.23. The number of oxazole rings is 1. The largest absolute Gasteiger partial charge is 0.492 e. The van der Waals surface area contributed by atoms with E-state index in [9.17, 15) is 14.4 Å². The molecule has 1 unspecified atom stereocenters. The number of benzene rings is 2. The molecule has 0 saturated heterocycles. The molecule has 1 N–H and O–H groups in total. The predicted molar refractivity (Wildman–Crippen MR) is 101 cm³/mol. The SMILES string of the molecule is CCOc1ccccc1NC(=O)C(C)n1c(=O)oc2cc(C(C)=O)ccc21. The fourth-order valence-corrected chi connectivity index (χ4v) is 2.83. The lowest BCUT2D eigenvalue weighted by atomic mass is 10.1. The van der Waals surface area contributed by atoms with Crippen molar-refractivity contribution in [2.75, 3.05) is 11.9 Å². The number of fused-ring (bicyclic) bond motifs is 1. The molecule has 0 aliphatic carbocycles. The second-order valence-electron chi connectivity index (χ2n) is 6.07. The van der Waals surface area contributed by atoms with Crippen molar-refractivity contribution >= 4 is 28.5 Å². The normalized spacial score (nSPS) is 12.0. The Hall–Kier alpha value is -3.35. The number of amides is 1. The van der Waals surface area contributed by atoms with E-state index in [0.717, 1.165) is 0 Å². The number of rotatable bonds is 6. The zero-order valence-corrected chi connectivity index (χ0v) is 15.3. The van der Waals surface area contributed by atoms with Crippen molar-refractivity contribution in [2.24, 2.45) is 0 Å². The van der Waals surface area contributed by atoms with E-state index in [4.69, 9.17) is 9.15 Å². The lowest BCUT2D eigenvalue weighted by Gasteiger charge is -2.15. The molecular formula is C20H20N2O5.